The Morgan fingerprint density at radius 2 is 1.72 bits per heavy atom. The van der Waals surface area contributed by atoms with E-state index in [0.717, 1.165) is 46.8 Å². The van der Waals surface area contributed by atoms with Crippen LogP contribution in [0.1, 0.15) is 119 Å². The zero-order valence-corrected chi connectivity index (χ0v) is 42.4. The van der Waals surface area contributed by atoms with Gasteiger partial charge < -0.3 is 35.0 Å². The van der Waals surface area contributed by atoms with E-state index >= 15 is 0 Å². The van der Waals surface area contributed by atoms with E-state index in [9.17, 15) is 61.5 Å². The summed E-state index contributed by atoms with van der Waals surface area (Å²) in [5.74, 6) is 1.40. The van der Waals surface area contributed by atoms with Crippen molar-refractivity contribution >= 4 is 76.3 Å². The van der Waals surface area contributed by atoms with Crippen molar-refractivity contribution in [2.24, 2.45) is 5.41 Å². The zero-order valence-electron chi connectivity index (χ0n) is 40.7. The standard InChI is InChI=1S/C52H55F2N6O12PS/c1-51(2,3)44(57-46(64)40-25-33-24-34(18-20-39(33)74-40)52(53,54)73(69,70)71)50(68)59-28-35(26-38(59)48(66)58-23-11-16-32(27-58)30-12-6-4-7-13-30)72-29-42(62)55-22-9-5-8-14-31-15-10-17-36-43(31)49(67)60(47(36)65)37-19-21-41(61)56-45(37)63/h4,6-7,10,12-13,15,17-18,20,24-25,32,35,37-38,44H,5,9,11,16,19,21-23,26-29H2,1-3H3,(H,55,62)(H,57,64)(H,56,61,63)(H2,69,70,71)/t32?,35-,37?,38-,44+/m0/s1. The van der Waals surface area contributed by atoms with Gasteiger partial charge in [0.25, 0.3) is 17.7 Å². The van der Waals surface area contributed by atoms with Crippen LogP contribution in [0.2, 0.25) is 0 Å². The molecule has 22 heteroatoms. The van der Waals surface area contributed by atoms with Crippen molar-refractivity contribution in [2.45, 2.75) is 102 Å². The van der Waals surface area contributed by atoms with Crippen LogP contribution in [0.3, 0.4) is 0 Å². The first-order valence-electron chi connectivity index (χ1n) is 24.2. The number of thiophene rings is 1. The summed E-state index contributed by atoms with van der Waals surface area (Å²) in [7, 11) is -5.86. The number of rotatable bonds is 14. The molecule has 74 heavy (non-hydrogen) atoms. The number of hydrogen-bond donors (Lipinski definition) is 5. The number of halogens is 2. The predicted octanol–water partition coefficient (Wildman–Crippen LogP) is 5.01. The van der Waals surface area contributed by atoms with Crippen LogP contribution in [0.4, 0.5) is 8.78 Å². The Bertz CT molecular complexity index is 3040. The molecule has 0 aliphatic carbocycles. The number of carbonyl (C=O) groups is 8. The Balaban J connectivity index is 0.912. The summed E-state index contributed by atoms with van der Waals surface area (Å²) in [4.78, 5) is 130. The minimum absolute atomic E-state index is 0.00908. The van der Waals surface area contributed by atoms with Gasteiger partial charge in [0.05, 0.1) is 22.1 Å². The number of likely N-dealkylation sites (tertiary alicyclic amines) is 2. The van der Waals surface area contributed by atoms with Crippen LogP contribution in [0.15, 0.2) is 72.8 Å². The number of hydrogen-bond acceptors (Lipinski definition) is 11. The molecule has 4 aliphatic heterocycles. The molecule has 390 valence electrons. The molecule has 5 N–H and O–H groups in total. The quantitative estimate of drug-likeness (QED) is 0.0484. The third kappa shape index (κ3) is 11.3. The van der Waals surface area contributed by atoms with Crippen molar-refractivity contribution < 1.29 is 66.2 Å². The van der Waals surface area contributed by atoms with Crippen molar-refractivity contribution in [3.05, 3.63) is 105 Å². The van der Waals surface area contributed by atoms with Gasteiger partial charge in [0.1, 0.15) is 24.7 Å². The fourth-order valence-corrected chi connectivity index (χ4v) is 11.2. The molecule has 3 fully saturated rings. The molecule has 3 saturated heterocycles. The second-order valence-electron chi connectivity index (χ2n) is 19.9. The molecule has 3 aromatic carbocycles. The van der Waals surface area contributed by atoms with Crippen LogP contribution in [0.5, 0.6) is 0 Å². The predicted molar refractivity (Wildman–Crippen MR) is 266 cm³/mol. The number of piperidine rings is 2. The van der Waals surface area contributed by atoms with Gasteiger partial charge in [-0.2, -0.15) is 8.78 Å². The van der Waals surface area contributed by atoms with E-state index in [4.69, 9.17) is 4.74 Å². The Kier molecular flexibility index (Phi) is 15.7. The van der Waals surface area contributed by atoms with Crippen molar-refractivity contribution in [1.82, 2.24) is 30.7 Å². The van der Waals surface area contributed by atoms with Crippen molar-refractivity contribution in [1.29, 1.82) is 0 Å². The largest absolute Gasteiger partial charge is 0.399 e. The molecule has 5 heterocycles. The van der Waals surface area contributed by atoms with E-state index < -0.39 is 96.4 Å². The monoisotopic (exact) mass is 1060 g/mol. The molecule has 18 nitrogen and oxygen atoms in total. The van der Waals surface area contributed by atoms with Gasteiger partial charge in [-0.25, -0.2) is 0 Å². The number of fused-ring (bicyclic) bond motifs is 2. The Labute approximate surface area is 428 Å². The second kappa shape index (κ2) is 21.6. The first-order chi connectivity index (χ1) is 35.0. The lowest BCUT2D eigenvalue weighted by Gasteiger charge is -2.38. The normalized spacial score (nSPS) is 20.7. The van der Waals surface area contributed by atoms with E-state index in [1.165, 1.54) is 23.1 Å². The van der Waals surface area contributed by atoms with E-state index in [1.807, 2.05) is 30.3 Å². The van der Waals surface area contributed by atoms with E-state index in [1.54, 1.807) is 37.8 Å². The van der Waals surface area contributed by atoms with Gasteiger partial charge in [-0.1, -0.05) is 75.1 Å². The average Bonchev–Trinajstić information content (AvgIpc) is 4.07. The maximum absolute atomic E-state index is 14.8. The second-order valence-corrected chi connectivity index (χ2v) is 22.6. The number of unbranched alkanes of at least 4 members (excludes halogenated alkanes) is 1. The number of amides is 8. The van der Waals surface area contributed by atoms with E-state index in [0.29, 0.717) is 36.2 Å². The molecule has 4 aromatic rings. The molecule has 8 rings (SSSR count). The summed E-state index contributed by atoms with van der Waals surface area (Å²) in [5.41, 5.74) is -4.75. The molecule has 5 atom stereocenters. The first-order valence-corrected chi connectivity index (χ1v) is 26.6. The van der Waals surface area contributed by atoms with Crippen LogP contribution in [-0.4, -0.2) is 129 Å². The summed E-state index contributed by atoms with van der Waals surface area (Å²) in [5, 5.41) is 7.89. The molecule has 0 saturated carbocycles. The highest BCUT2D eigenvalue weighted by molar-refractivity contribution is 7.52. The average molecular weight is 1060 g/mol. The van der Waals surface area contributed by atoms with Crippen molar-refractivity contribution in [3.8, 4) is 11.8 Å². The number of nitrogens with one attached hydrogen (secondary N) is 3. The van der Waals surface area contributed by atoms with Crippen molar-refractivity contribution in [3.63, 3.8) is 0 Å². The van der Waals surface area contributed by atoms with Gasteiger partial charge in [0, 0.05) is 67.2 Å². The molecule has 4 aliphatic rings. The molecule has 8 amide bonds. The molecule has 0 bridgehead atoms. The Morgan fingerprint density at radius 3 is 2.43 bits per heavy atom. The van der Waals surface area contributed by atoms with Gasteiger partial charge >= 0.3 is 13.3 Å². The third-order valence-electron chi connectivity index (χ3n) is 13.6. The highest BCUT2D eigenvalue weighted by atomic mass is 32.1. The number of imide groups is 2. The summed E-state index contributed by atoms with van der Waals surface area (Å²) in [6.07, 6.45) is 1.60. The smallest absolute Gasteiger partial charge is 0.366 e. The number of nitrogens with zero attached hydrogens (tertiary/aromatic N) is 3. The molecular formula is C52H55F2N6O12PS. The van der Waals surface area contributed by atoms with Gasteiger partial charge in [-0.15, -0.1) is 11.3 Å². The maximum Gasteiger partial charge on any atom is 0.399 e. The topological polar surface area (TPSA) is 249 Å². The summed E-state index contributed by atoms with van der Waals surface area (Å²) in [6.45, 7) is 5.80. The lowest BCUT2D eigenvalue weighted by Crippen LogP contribution is -2.58. The van der Waals surface area contributed by atoms with Crippen molar-refractivity contribution in [2.75, 3.05) is 32.8 Å². The zero-order chi connectivity index (χ0) is 53.3. The van der Waals surface area contributed by atoms with Crippen LogP contribution in [-0.2, 0) is 38.9 Å². The minimum atomic E-state index is -5.86. The van der Waals surface area contributed by atoms with Crippen LogP contribution >= 0.6 is 18.9 Å². The summed E-state index contributed by atoms with van der Waals surface area (Å²) in [6, 6.07) is 15.5. The first kappa shape index (κ1) is 53.6. The number of carbonyl (C=O) groups excluding carboxylic acids is 8. The Hall–Kier alpha value is -6.69. The minimum Gasteiger partial charge on any atom is -0.366 e. The van der Waals surface area contributed by atoms with Crippen LogP contribution in [0.25, 0.3) is 10.1 Å². The number of ether oxygens (including phenoxy) is 1. The summed E-state index contributed by atoms with van der Waals surface area (Å²) < 4.78 is 47.2. The number of alkyl halides is 2. The van der Waals surface area contributed by atoms with Crippen LogP contribution < -0.4 is 16.0 Å². The Morgan fingerprint density at radius 1 is 0.959 bits per heavy atom. The summed E-state index contributed by atoms with van der Waals surface area (Å²) >= 11 is 0.936. The SMILES string of the molecule is CC(C)(C)[C@H](NC(=O)c1cc2cc(C(F)(F)P(=O)(O)O)ccc2s1)C(=O)N1C[C@@H](OCC(=O)NCCCC#Cc2cccc3c2C(=O)N(C2CCC(=O)NC2=O)C3=O)C[C@H]1C(=O)N1CCCC(c2ccccc2)C1. The third-order valence-corrected chi connectivity index (χ3v) is 15.7. The molecule has 0 spiro atoms. The fraction of sp³-hybridized carbons (Fsp3) is 0.423. The van der Waals surface area contributed by atoms with Gasteiger partial charge in [0.15, 0.2) is 0 Å². The lowest BCUT2D eigenvalue weighted by atomic mass is 9.85. The van der Waals surface area contributed by atoms with Gasteiger partial charge in [0.2, 0.25) is 29.5 Å². The van der Waals surface area contributed by atoms with Gasteiger partial charge in [-0.3, -0.25) is 53.1 Å². The lowest BCUT2D eigenvalue weighted by molar-refractivity contribution is -0.147. The maximum atomic E-state index is 14.8. The molecular weight excluding hydrogens is 1000 g/mol. The highest BCUT2D eigenvalue weighted by Gasteiger charge is 2.51. The number of benzene rings is 3. The van der Waals surface area contributed by atoms with Gasteiger partial charge in [-0.05, 0) is 72.4 Å². The highest BCUT2D eigenvalue weighted by Crippen LogP contribution is 2.59. The molecule has 1 aromatic heterocycles. The van der Waals surface area contributed by atoms with E-state index in [-0.39, 0.29) is 65.6 Å². The molecule has 0 radical (unpaired) electrons. The van der Waals surface area contributed by atoms with E-state index in [2.05, 4.69) is 27.8 Å². The van der Waals surface area contributed by atoms with Crippen LogP contribution in [0, 0.1) is 17.3 Å². The molecule has 2 unspecified atom stereocenters. The fourth-order valence-electron chi connectivity index (χ4n) is 9.73.